The lowest BCUT2D eigenvalue weighted by Gasteiger charge is -2.15. The van der Waals surface area contributed by atoms with E-state index in [4.69, 9.17) is 16.3 Å². The molecule has 9 heteroatoms. The third kappa shape index (κ3) is 3.91. The second kappa shape index (κ2) is 7.76. The van der Waals surface area contributed by atoms with E-state index in [1.54, 1.807) is 30.3 Å². The average Bonchev–Trinajstić information content (AvgIpc) is 2.96. The number of hydrogen-bond acceptors (Lipinski definition) is 2. The SMILES string of the molecule is COc1ccc(Cn2c(C#N)c(Cl)c(C(F)(F)F)c2-c2ccc(F)c(F)c2)cc1. The van der Waals surface area contributed by atoms with Crippen LogP contribution in [0.15, 0.2) is 42.5 Å². The van der Waals surface area contributed by atoms with Gasteiger partial charge in [0.1, 0.15) is 23.1 Å². The summed E-state index contributed by atoms with van der Waals surface area (Å²) in [4.78, 5) is 0. The summed E-state index contributed by atoms with van der Waals surface area (Å²) in [6.45, 7) is -0.156. The molecule has 0 aliphatic heterocycles. The van der Waals surface area contributed by atoms with Gasteiger partial charge in [0.15, 0.2) is 11.6 Å². The summed E-state index contributed by atoms with van der Waals surface area (Å²) in [5, 5.41) is 8.63. The fraction of sp³-hybridized carbons (Fsp3) is 0.150. The fourth-order valence-corrected chi connectivity index (χ4v) is 3.31. The zero-order valence-electron chi connectivity index (χ0n) is 14.8. The molecule has 0 unspecified atom stereocenters. The van der Waals surface area contributed by atoms with Crippen LogP contribution in [-0.4, -0.2) is 11.7 Å². The predicted octanol–water partition coefficient (Wildman–Crippen LogP) is 6.03. The minimum absolute atomic E-state index is 0.156. The molecule has 0 atom stereocenters. The molecule has 0 bridgehead atoms. The molecule has 3 nitrogen and oxygen atoms in total. The van der Waals surface area contributed by atoms with Crippen LogP contribution in [0.1, 0.15) is 16.8 Å². The largest absolute Gasteiger partial charge is 0.497 e. The summed E-state index contributed by atoms with van der Waals surface area (Å²) in [7, 11) is 1.46. The summed E-state index contributed by atoms with van der Waals surface area (Å²) in [6, 6.07) is 10.5. The molecule has 2 aromatic carbocycles. The highest BCUT2D eigenvalue weighted by atomic mass is 35.5. The van der Waals surface area contributed by atoms with E-state index in [-0.39, 0.29) is 12.1 Å². The second-order valence-electron chi connectivity index (χ2n) is 6.06. The first kappa shape index (κ1) is 20.7. The van der Waals surface area contributed by atoms with Crippen molar-refractivity contribution >= 4 is 11.6 Å². The van der Waals surface area contributed by atoms with Gasteiger partial charge in [0.25, 0.3) is 0 Å². The Kier molecular flexibility index (Phi) is 5.53. The average molecular weight is 427 g/mol. The number of hydrogen-bond donors (Lipinski definition) is 0. The third-order valence-electron chi connectivity index (χ3n) is 4.29. The quantitative estimate of drug-likeness (QED) is 0.477. The molecule has 1 heterocycles. The highest BCUT2D eigenvalue weighted by Crippen LogP contribution is 2.45. The molecule has 0 amide bonds. The Morgan fingerprint density at radius 1 is 1.07 bits per heavy atom. The summed E-state index contributed by atoms with van der Waals surface area (Å²) in [5.74, 6) is -1.98. The van der Waals surface area contributed by atoms with E-state index in [9.17, 15) is 27.2 Å². The summed E-state index contributed by atoms with van der Waals surface area (Å²) in [6.07, 6.45) is -4.92. The van der Waals surface area contributed by atoms with Crippen molar-refractivity contribution < 1.29 is 26.7 Å². The molecular formula is C20H12ClF5N2O. The van der Waals surface area contributed by atoms with Crippen molar-refractivity contribution in [1.82, 2.24) is 4.57 Å². The van der Waals surface area contributed by atoms with Crippen LogP contribution in [-0.2, 0) is 12.7 Å². The standard InChI is InChI=1S/C20H12ClF5N2O/c1-29-13-5-2-11(3-6-13)10-28-16(9-27)18(21)17(20(24,25)26)19(28)12-4-7-14(22)15(23)8-12/h2-8H,10H2,1H3. The van der Waals surface area contributed by atoms with E-state index < -0.39 is 39.8 Å². The van der Waals surface area contributed by atoms with Crippen LogP contribution < -0.4 is 4.74 Å². The van der Waals surface area contributed by atoms with Gasteiger partial charge in [-0.15, -0.1) is 0 Å². The Morgan fingerprint density at radius 2 is 1.72 bits per heavy atom. The van der Waals surface area contributed by atoms with Crippen molar-refractivity contribution in [3.05, 3.63) is 75.9 Å². The zero-order chi connectivity index (χ0) is 21.3. The van der Waals surface area contributed by atoms with E-state index in [2.05, 4.69) is 0 Å². The number of rotatable bonds is 4. The molecule has 0 N–H and O–H groups in total. The van der Waals surface area contributed by atoms with Crippen LogP contribution >= 0.6 is 11.6 Å². The van der Waals surface area contributed by atoms with Gasteiger partial charge >= 0.3 is 6.18 Å². The number of nitriles is 1. The van der Waals surface area contributed by atoms with Crippen molar-refractivity contribution in [2.45, 2.75) is 12.7 Å². The van der Waals surface area contributed by atoms with E-state index >= 15 is 0 Å². The van der Waals surface area contributed by atoms with Gasteiger partial charge < -0.3 is 9.30 Å². The van der Waals surface area contributed by atoms with Gasteiger partial charge in [-0.25, -0.2) is 8.78 Å². The number of halogens is 6. The molecule has 1 aromatic heterocycles. The van der Waals surface area contributed by atoms with Crippen LogP contribution in [0.2, 0.25) is 5.02 Å². The Balaban J connectivity index is 2.27. The first-order chi connectivity index (χ1) is 13.7. The van der Waals surface area contributed by atoms with Crippen LogP contribution in [0.4, 0.5) is 22.0 Å². The molecule has 3 rings (SSSR count). The Labute approximate surface area is 167 Å². The normalized spacial score (nSPS) is 11.4. The monoisotopic (exact) mass is 426 g/mol. The first-order valence-electron chi connectivity index (χ1n) is 8.15. The van der Waals surface area contributed by atoms with Crippen LogP contribution in [0.5, 0.6) is 5.75 Å². The van der Waals surface area contributed by atoms with Crippen molar-refractivity contribution in [2.24, 2.45) is 0 Å². The Hall–Kier alpha value is -3.05. The molecule has 0 saturated carbocycles. The van der Waals surface area contributed by atoms with E-state index in [0.29, 0.717) is 17.4 Å². The number of ether oxygens (including phenoxy) is 1. The van der Waals surface area contributed by atoms with Crippen LogP contribution in [0, 0.1) is 23.0 Å². The van der Waals surface area contributed by atoms with E-state index in [1.165, 1.54) is 7.11 Å². The highest BCUT2D eigenvalue weighted by molar-refractivity contribution is 6.33. The predicted molar refractivity (Wildman–Crippen MR) is 96.6 cm³/mol. The lowest BCUT2D eigenvalue weighted by molar-refractivity contribution is -0.136. The molecule has 0 saturated heterocycles. The number of benzene rings is 2. The lowest BCUT2D eigenvalue weighted by atomic mass is 10.1. The fourth-order valence-electron chi connectivity index (χ4n) is 2.97. The van der Waals surface area contributed by atoms with E-state index in [1.807, 2.05) is 0 Å². The molecular weight excluding hydrogens is 415 g/mol. The maximum absolute atomic E-state index is 13.8. The minimum atomic E-state index is -4.92. The van der Waals surface area contributed by atoms with Gasteiger partial charge in [-0.2, -0.15) is 18.4 Å². The zero-order valence-corrected chi connectivity index (χ0v) is 15.6. The maximum atomic E-state index is 13.8. The molecule has 150 valence electrons. The van der Waals surface area contributed by atoms with Gasteiger partial charge in [-0.05, 0) is 35.9 Å². The number of methoxy groups -OCH3 is 1. The van der Waals surface area contributed by atoms with Crippen molar-refractivity contribution in [2.75, 3.05) is 7.11 Å². The summed E-state index contributed by atoms with van der Waals surface area (Å²) >= 11 is 5.90. The molecule has 29 heavy (non-hydrogen) atoms. The van der Waals surface area contributed by atoms with Crippen molar-refractivity contribution in [3.8, 4) is 23.1 Å². The van der Waals surface area contributed by atoms with E-state index in [0.717, 1.165) is 16.7 Å². The first-order valence-corrected chi connectivity index (χ1v) is 8.52. The molecule has 0 fully saturated rings. The highest BCUT2D eigenvalue weighted by Gasteiger charge is 2.41. The maximum Gasteiger partial charge on any atom is 0.419 e. The Morgan fingerprint density at radius 3 is 2.24 bits per heavy atom. The Bertz CT molecular complexity index is 1100. The van der Waals surface area contributed by atoms with Gasteiger partial charge in [0.05, 0.1) is 17.8 Å². The molecule has 0 spiro atoms. The van der Waals surface area contributed by atoms with Gasteiger partial charge in [0.2, 0.25) is 0 Å². The summed E-state index contributed by atoms with van der Waals surface area (Å²) in [5.41, 5.74) is -1.95. The number of aromatic nitrogens is 1. The van der Waals surface area contributed by atoms with Crippen molar-refractivity contribution in [3.63, 3.8) is 0 Å². The van der Waals surface area contributed by atoms with Crippen LogP contribution in [0.3, 0.4) is 0 Å². The second-order valence-corrected chi connectivity index (χ2v) is 6.44. The minimum Gasteiger partial charge on any atom is -0.497 e. The van der Waals surface area contributed by atoms with Crippen molar-refractivity contribution in [1.29, 1.82) is 5.26 Å². The van der Waals surface area contributed by atoms with Gasteiger partial charge in [-0.1, -0.05) is 23.7 Å². The molecule has 3 aromatic rings. The van der Waals surface area contributed by atoms with Crippen LogP contribution in [0.25, 0.3) is 11.3 Å². The number of alkyl halides is 3. The third-order valence-corrected chi connectivity index (χ3v) is 4.65. The topological polar surface area (TPSA) is 38.0 Å². The lowest BCUT2D eigenvalue weighted by Crippen LogP contribution is -2.10. The van der Waals surface area contributed by atoms with Gasteiger partial charge in [-0.3, -0.25) is 0 Å². The number of nitrogens with zero attached hydrogens (tertiary/aromatic N) is 2. The summed E-state index contributed by atoms with van der Waals surface area (Å²) < 4.78 is 74.4. The molecule has 0 aliphatic rings. The smallest absolute Gasteiger partial charge is 0.419 e. The molecule has 0 aliphatic carbocycles. The molecule has 0 radical (unpaired) electrons. The van der Waals surface area contributed by atoms with Gasteiger partial charge in [0, 0.05) is 12.1 Å².